The number of rotatable bonds is 0. The summed E-state index contributed by atoms with van der Waals surface area (Å²) in [6.07, 6.45) is 0. The zero-order valence-electron chi connectivity index (χ0n) is 4.25. The zero-order chi connectivity index (χ0) is 7.83. The first-order valence-electron chi connectivity index (χ1n) is 1.92. The Hall–Kier alpha value is 0.440. The summed E-state index contributed by atoms with van der Waals surface area (Å²) in [5, 5.41) is 0. The van der Waals surface area contributed by atoms with Crippen molar-refractivity contribution < 1.29 is 16.8 Å². The molecule has 1 heterocycles. The molecule has 0 aliphatic carbocycles. The van der Waals surface area contributed by atoms with E-state index in [2.05, 4.69) is 9.03 Å². The van der Waals surface area contributed by atoms with E-state index in [1.807, 2.05) is 0 Å². The number of halogens is 4. The van der Waals surface area contributed by atoms with Crippen molar-refractivity contribution in [3.05, 3.63) is 0 Å². The molecule has 0 unspecified atom stereocenters. The molecule has 1 aliphatic heterocycles. The fourth-order valence-electron chi connectivity index (χ4n) is 0.303. The van der Waals surface area contributed by atoms with Crippen LogP contribution in [-0.2, 0) is 0 Å². The van der Waals surface area contributed by atoms with Gasteiger partial charge in [0, 0.05) is 12.9 Å². The van der Waals surface area contributed by atoms with Gasteiger partial charge in [0.25, 0.3) is 0 Å². The van der Waals surface area contributed by atoms with E-state index in [9.17, 15) is 16.8 Å². The van der Waals surface area contributed by atoms with E-state index in [-0.39, 0.29) is 0 Å². The quantitative estimate of drug-likeness (QED) is 0.475. The molecule has 58 valence electrons. The van der Waals surface area contributed by atoms with Gasteiger partial charge in [-0.3, -0.25) is 0 Å². The highest BCUT2D eigenvalue weighted by Crippen LogP contribution is 2.74. The Morgan fingerprint density at radius 3 is 2.30 bits per heavy atom. The first-order chi connectivity index (χ1) is 4.41. The summed E-state index contributed by atoms with van der Waals surface area (Å²) in [5.41, 5.74) is 0. The van der Waals surface area contributed by atoms with E-state index in [1.165, 1.54) is 0 Å². The van der Waals surface area contributed by atoms with E-state index in [1.54, 1.807) is 0 Å². The Balaban J connectivity index is 2.89. The van der Waals surface area contributed by atoms with Crippen LogP contribution in [0.4, 0.5) is 16.8 Å². The predicted molar refractivity (Wildman–Crippen MR) is 33.2 cm³/mol. The van der Waals surface area contributed by atoms with Gasteiger partial charge in [0.05, 0.1) is 0 Å². The fraction of sp³-hybridized carbons (Fsp3) is 0. The summed E-state index contributed by atoms with van der Waals surface area (Å²) < 4.78 is 53.2. The molecular weight excluding hydrogens is 211 g/mol. The van der Waals surface area contributed by atoms with Crippen LogP contribution in [0.5, 0.6) is 0 Å². The number of hydrogen-bond donors (Lipinski definition) is 1. The summed E-state index contributed by atoms with van der Waals surface area (Å²) in [4.78, 5) is 0.847. The van der Waals surface area contributed by atoms with Gasteiger partial charge in [0.1, 0.15) is 0 Å². The third-order valence-electron chi connectivity index (χ3n) is 0.545. The van der Waals surface area contributed by atoms with Crippen LogP contribution in [0, 0.1) is 0 Å². The second-order valence-corrected chi connectivity index (χ2v) is 5.68. The Kier molecular flexibility index (Phi) is 2.12. The smallest absolute Gasteiger partial charge is 0.153 e. The second kappa shape index (κ2) is 2.49. The first kappa shape index (κ1) is 8.54. The summed E-state index contributed by atoms with van der Waals surface area (Å²) in [7, 11) is -10.3. The van der Waals surface area contributed by atoms with Crippen LogP contribution >= 0.6 is 24.5 Å². The van der Waals surface area contributed by atoms with Crippen molar-refractivity contribution in [2.75, 3.05) is 0 Å². The van der Waals surface area contributed by atoms with Gasteiger partial charge >= 0.3 is 16.0 Å². The summed E-state index contributed by atoms with van der Waals surface area (Å²) in [6, 6.07) is 0. The lowest BCUT2D eigenvalue weighted by atomic mass is 13.8. The third kappa shape index (κ3) is 2.24. The monoisotopic (exact) mass is 212 g/mol. The minimum atomic E-state index is -4.89. The maximum absolute atomic E-state index is 12.0. The molecule has 0 aromatic rings. The van der Waals surface area contributed by atoms with Crippen LogP contribution in [0.2, 0.25) is 0 Å². The van der Waals surface area contributed by atoms with Crippen LogP contribution in [0.25, 0.3) is 0 Å². The second-order valence-electron chi connectivity index (χ2n) is 1.34. The lowest BCUT2D eigenvalue weighted by Crippen LogP contribution is -1.99. The van der Waals surface area contributed by atoms with E-state index in [4.69, 9.17) is 0 Å². The van der Waals surface area contributed by atoms with Gasteiger partial charge in [-0.1, -0.05) is 0 Å². The van der Waals surface area contributed by atoms with Crippen LogP contribution in [0.15, 0.2) is 9.03 Å². The van der Waals surface area contributed by atoms with E-state index in [0.29, 0.717) is 0 Å². The summed E-state index contributed by atoms with van der Waals surface area (Å²) >= 11 is 0. The molecule has 10 heteroatoms. The van der Waals surface area contributed by atoms with Crippen LogP contribution in [-0.4, -0.2) is 0 Å². The summed E-state index contributed by atoms with van der Waals surface area (Å²) in [6.45, 7) is 0. The number of nitrogens with one attached hydrogen (secondary N) is 1. The van der Waals surface area contributed by atoms with E-state index in [0.717, 1.165) is 4.86 Å². The van der Waals surface area contributed by atoms with Crippen LogP contribution in [0.3, 0.4) is 0 Å². The molecule has 0 saturated carbocycles. The van der Waals surface area contributed by atoms with Gasteiger partial charge in [-0.2, -0.15) is 8.39 Å². The lowest BCUT2D eigenvalue weighted by molar-refractivity contribution is 0.662. The molecule has 0 aromatic carbocycles. The molecule has 0 atom stereocenters. The average molecular weight is 212 g/mol. The molecule has 0 amide bonds. The van der Waals surface area contributed by atoms with Crippen molar-refractivity contribution in [2.45, 2.75) is 0 Å². The molecule has 0 bridgehead atoms. The molecule has 10 heavy (non-hydrogen) atoms. The Morgan fingerprint density at radius 2 is 2.00 bits per heavy atom. The Morgan fingerprint density at radius 1 is 1.40 bits per heavy atom. The minimum absolute atomic E-state index is 0.557. The van der Waals surface area contributed by atoms with Gasteiger partial charge in [-0.05, 0) is 4.86 Å². The number of nitrogens with zero attached hydrogens (tertiary/aromatic N) is 2. The topological polar surface area (TPSA) is 36.8 Å². The van der Waals surface area contributed by atoms with Crippen molar-refractivity contribution in [3.8, 4) is 0 Å². The largest absolute Gasteiger partial charge is 0.597 e. The molecule has 0 aromatic heterocycles. The van der Waals surface area contributed by atoms with Crippen molar-refractivity contribution in [2.24, 2.45) is 9.03 Å². The average Bonchev–Trinajstić information content (AvgIpc) is 1.56. The molecule has 0 radical (unpaired) electrons. The van der Waals surface area contributed by atoms with Gasteiger partial charge in [0.15, 0.2) is 0 Å². The van der Waals surface area contributed by atoms with Crippen molar-refractivity contribution in [1.82, 2.24) is 4.86 Å². The highest BCUT2D eigenvalue weighted by atomic mass is 31.3. The molecule has 0 spiro atoms. The Labute approximate surface area is 56.2 Å². The molecule has 1 aliphatic rings. The molecule has 1 N–H and O–H groups in total. The molecule has 1 rings (SSSR count). The summed E-state index contributed by atoms with van der Waals surface area (Å²) in [5.74, 6) is 0. The van der Waals surface area contributed by atoms with Gasteiger partial charge < -0.3 is 0 Å². The van der Waals surface area contributed by atoms with Crippen molar-refractivity contribution in [1.29, 1.82) is 0 Å². The highest BCUT2D eigenvalue weighted by molar-refractivity contribution is 7.78. The van der Waals surface area contributed by atoms with E-state index >= 15 is 0 Å². The van der Waals surface area contributed by atoms with Gasteiger partial charge in [-0.25, -0.2) is 0 Å². The maximum atomic E-state index is 12.0. The molecular formula is HF4N3P3+. The zero-order valence-corrected chi connectivity index (χ0v) is 6.93. The predicted octanol–water partition coefficient (Wildman–Crippen LogP) is 4.14. The first-order valence-corrected chi connectivity index (χ1v) is 5.77. The van der Waals surface area contributed by atoms with Crippen molar-refractivity contribution >= 4 is 24.5 Å². The van der Waals surface area contributed by atoms with E-state index < -0.39 is 24.5 Å². The van der Waals surface area contributed by atoms with Gasteiger partial charge in [0.2, 0.25) is 8.52 Å². The highest BCUT2D eigenvalue weighted by Gasteiger charge is 2.51. The lowest BCUT2D eigenvalue weighted by Gasteiger charge is -2.04. The molecule has 0 saturated heterocycles. The fourth-order valence-corrected chi connectivity index (χ4v) is 3.77. The SMILES string of the molecule is FP1(F)=NP=N[P+](F)(F)N1. The third-order valence-corrected chi connectivity index (χ3v) is 4.91. The van der Waals surface area contributed by atoms with Crippen LogP contribution < -0.4 is 4.86 Å². The van der Waals surface area contributed by atoms with Crippen LogP contribution in [0.1, 0.15) is 0 Å². The standard InChI is InChI=1S/F4HN3P3/c1-9(2)5-8-6-10(3,4)7-9/h7H/q+1. The van der Waals surface area contributed by atoms with Gasteiger partial charge in [-0.15, -0.1) is 4.52 Å². The normalized spacial score (nSPS) is 29.2. The maximum Gasteiger partial charge on any atom is 0.597 e. The molecule has 3 nitrogen and oxygen atoms in total. The molecule has 0 fully saturated rings. The number of hydrogen-bond acceptors (Lipinski definition) is 3. The van der Waals surface area contributed by atoms with Crippen molar-refractivity contribution in [3.63, 3.8) is 0 Å². The minimum Gasteiger partial charge on any atom is -0.153 e. The Bertz CT molecular complexity index is 214.